The van der Waals surface area contributed by atoms with Gasteiger partial charge in [0.15, 0.2) is 0 Å². The maximum Gasteiger partial charge on any atom is 0.126 e. The summed E-state index contributed by atoms with van der Waals surface area (Å²) in [6.07, 6.45) is 2.05. The molecule has 0 N–H and O–H groups in total. The molecule has 0 bridgehead atoms. The summed E-state index contributed by atoms with van der Waals surface area (Å²) in [6.45, 7) is 4.54. The number of hydrogen-bond acceptors (Lipinski definition) is 1. The van der Waals surface area contributed by atoms with Gasteiger partial charge in [-0.25, -0.2) is 0 Å². The van der Waals surface area contributed by atoms with Gasteiger partial charge >= 0.3 is 0 Å². The summed E-state index contributed by atoms with van der Waals surface area (Å²) in [5.41, 5.74) is 0.260. The van der Waals surface area contributed by atoms with Gasteiger partial charge < -0.3 is 4.74 Å². The molecule has 0 radical (unpaired) electrons. The third-order valence-corrected chi connectivity index (χ3v) is 4.98. The lowest BCUT2D eigenvalue weighted by molar-refractivity contribution is 0.294. The van der Waals surface area contributed by atoms with Crippen molar-refractivity contribution in [3.05, 3.63) is 39.7 Å². The van der Waals surface area contributed by atoms with Crippen molar-refractivity contribution in [1.29, 1.82) is 0 Å². The normalized spacial score (nSPS) is 19.4. The van der Waals surface area contributed by atoms with Crippen LogP contribution in [0, 0.1) is 5.41 Å². The third-order valence-electron chi connectivity index (χ3n) is 2.79. The molecule has 0 aliphatic heterocycles. The van der Waals surface area contributed by atoms with Crippen LogP contribution in [0.1, 0.15) is 26.7 Å². The Bertz CT molecular complexity index is 462. The molecule has 0 fully saturated rings. The van der Waals surface area contributed by atoms with Crippen molar-refractivity contribution in [3.8, 4) is 5.75 Å². The van der Waals surface area contributed by atoms with Gasteiger partial charge in [-0.05, 0) is 51.9 Å². The van der Waals surface area contributed by atoms with Crippen molar-refractivity contribution >= 4 is 36.7 Å². The summed E-state index contributed by atoms with van der Waals surface area (Å²) in [7, 11) is 3.71. The summed E-state index contributed by atoms with van der Waals surface area (Å²) in [4.78, 5) is 0. The predicted molar refractivity (Wildman–Crippen MR) is 84.5 cm³/mol. The fourth-order valence-corrected chi connectivity index (χ4v) is 3.12. The van der Waals surface area contributed by atoms with E-state index in [1.165, 1.54) is 8.87 Å². The Labute approximate surface area is 119 Å². The second-order valence-electron chi connectivity index (χ2n) is 5.15. The highest BCUT2D eigenvalue weighted by molar-refractivity contribution is 14.1. The number of allylic oxidation sites excluding steroid dienone is 2. The second kappa shape index (κ2) is 5.11. The van der Waals surface area contributed by atoms with Gasteiger partial charge in [-0.3, -0.25) is 0 Å². The minimum atomic E-state index is 0.260. The van der Waals surface area contributed by atoms with Crippen LogP contribution < -0.4 is 4.74 Å². The van der Waals surface area contributed by atoms with Crippen molar-refractivity contribution < 1.29 is 4.74 Å². The third kappa shape index (κ3) is 3.32. The molecule has 0 amide bonds. The lowest BCUT2D eigenvalue weighted by Crippen LogP contribution is -2.24. The van der Waals surface area contributed by atoms with Crippen molar-refractivity contribution in [2.75, 3.05) is 0 Å². The lowest BCUT2D eigenvalue weighted by atomic mass is 9.80. The molecule has 0 aromatic heterocycles. The van der Waals surface area contributed by atoms with Crippen molar-refractivity contribution in [3.63, 3.8) is 0 Å². The minimum Gasteiger partial charge on any atom is -0.461 e. The summed E-state index contributed by atoms with van der Waals surface area (Å²) >= 11 is 2.36. The SMILES string of the molecule is CC1(C)CC(=P)C(I)=C(Oc2ccccc2)C1. The fourth-order valence-electron chi connectivity index (χ4n) is 2.01. The molecule has 1 aromatic rings. The van der Waals surface area contributed by atoms with Gasteiger partial charge in [-0.1, -0.05) is 32.0 Å². The van der Waals surface area contributed by atoms with Crippen molar-refractivity contribution in [1.82, 2.24) is 0 Å². The van der Waals surface area contributed by atoms with Gasteiger partial charge in [0.2, 0.25) is 0 Å². The van der Waals surface area contributed by atoms with Gasteiger partial charge in [-0.2, -0.15) is 0 Å². The zero-order chi connectivity index (χ0) is 12.5. The molecule has 1 aliphatic rings. The Morgan fingerprint density at radius 2 is 1.82 bits per heavy atom. The van der Waals surface area contributed by atoms with E-state index in [1.54, 1.807) is 0 Å². The Hall–Kier alpha value is -0.340. The van der Waals surface area contributed by atoms with E-state index in [0.717, 1.165) is 24.4 Å². The molecule has 17 heavy (non-hydrogen) atoms. The monoisotopic (exact) mass is 358 g/mol. The van der Waals surface area contributed by atoms with Crippen LogP contribution in [0.2, 0.25) is 0 Å². The molecule has 0 saturated heterocycles. The fraction of sp³-hybridized carbons (Fsp3) is 0.357. The van der Waals surface area contributed by atoms with Gasteiger partial charge in [0.1, 0.15) is 11.5 Å². The molecule has 1 nitrogen and oxygen atoms in total. The number of rotatable bonds is 2. The Morgan fingerprint density at radius 3 is 2.47 bits per heavy atom. The van der Waals surface area contributed by atoms with Crippen LogP contribution in [0.25, 0.3) is 0 Å². The lowest BCUT2D eigenvalue weighted by Gasteiger charge is -2.32. The molecule has 0 spiro atoms. The van der Waals surface area contributed by atoms with E-state index in [2.05, 4.69) is 45.3 Å². The average molecular weight is 358 g/mol. The van der Waals surface area contributed by atoms with E-state index in [0.29, 0.717) is 0 Å². The van der Waals surface area contributed by atoms with Crippen LogP contribution in [-0.2, 0) is 0 Å². The first-order valence-electron chi connectivity index (χ1n) is 5.67. The van der Waals surface area contributed by atoms with E-state index in [9.17, 15) is 0 Å². The van der Waals surface area contributed by atoms with Crippen LogP contribution in [-0.4, -0.2) is 5.29 Å². The van der Waals surface area contributed by atoms with Gasteiger partial charge in [0.25, 0.3) is 0 Å². The minimum absolute atomic E-state index is 0.260. The van der Waals surface area contributed by atoms with E-state index in [1.807, 2.05) is 30.3 Å². The standard InChI is InChI=1S/C14H16IOP/c1-14(2)8-11(13(15)12(17)9-14)16-10-6-4-3-5-7-10/h3-7,17H,8-9H2,1-2H3. The Balaban J connectivity index is 2.25. The summed E-state index contributed by atoms with van der Waals surface area (Å²) in [5, 5.41) is 1.24. The number of para-hydroxylation sites is 1. The second-order valence-corrected chi connectivity index (χ2v) is 6.83. The zero-order valence-corrected chi connectivity index (χ0v) is 13.2. The van der Waals surface area contributed by atoms with Crippen LogP contribution >= 0.6 is 31.5 Å². The Kier molecular flexibility index (Phi) is 3.94. The summed E-state index contributed by atoms with van der Waals surface area (Å²) < 4.78 is 7.20. The molecule has 0 atom stereocenters. The number of ether oxygens (including phenoxy) is 1. The van der Waals surface area contributed by atoms with Crippen LogP contribution in [0.5, 0.6) is 5.75 Å². The molecule has 0 unspecified atom stereocenters. The van der Waals surface area contributed by atoms with Crippen molar-refractivity contribution in [2.45, 2.75) is 26.7 Å². The summed E-state index contributed by atoms with van der Waals surface area (Å²) in [5.74, 6) is 1.98. The number of benzene rings is 1. The molecule has 0 saturated carbocycles. The van der Waals surface area contributed by atoms with E-state index in [4.69, 9.17) is 4.74 Å². The predicted octanol–water partition coefficient (Wildman–Crippen LogP) is 4.85. The van der Waals surface area contributed by atoms with Gasteiger partial charge in [-0.15, -0.1) is 8.86 Å². The van der Waals surface area contributed by atoms with Crippen LogP contribution in [0.4, 0.5) is 0 Å². The van der Waals surface area contributed by atoms with Gasteiger partial charge in [0, 0.05) is 6.42 Å². The van der Waals surface area contributed by atoms with Crippen LogP contribution in [0.15, 0.2) is 39.7 Å². The highest BCUT2D eigenvalue weighted by Gasteiger charge is 2.30. The largest absolute Gasteiger partial charge is 0.461 e. The first kappa shape index (κ1) is 13.1. The highest BCUT2D eigenvalue weighted by atomic mass is 127. The molecular formula is C14H16IOP. The quantitative estimate of drug-likeness (QED) is 0.543. The molecule has 90 valence electrons. The van der Waals surface area contributed by atoms with E-state index < -0.39 is 0 Å². The zero-order valence-electron chi connectivity index (χ0n) is 10.1. The number of hydrogen-bond donors (Lipinski definition) is 0. The molecule has 0 heterocycles. The molecule has 3 heteroatoms. The maximum absolute atomic E-state index is 5.99. The van der Waals surface area contributed by atoms with Crippen LogP contribution in [0.3, 0.4) is 0 Å². The molecular weight excluding hydrogens is 342 g/mol. The first-order valence-corrected chi connectivity index (χ1v) is 7.25. The van der Waals surface area contributed by atoms with Crippen molar-refractivity contribution in [2.24, 2.45) is 5.41 Å². The smallest absolute Gasteiger partial charge is 0.126 e. The topological polar surface area (TPSA) is 9.23 Å². The first-order chi connectivity index (χ1) is 7.98. The molecule has 2 rings (SSSR count). The van der Waals surface area contributed by atoms with E-state index >= 15 is 0 Å². The maximum atomic E-state index is 5.99. The molecule has 1 aromatic carbocycles. The van der Waals surface area contributed by atoms with E-state index in [-0.39, 0.29) is 5.41 Å². The summed E-state index contributed by atoms with van der Waals surface area (Å²) in [6, 6.07) is 9.97. The average Bonchev–Trinajstić information content (AvgIpc) is 2.26. The highest BCUT2D eigenvalue weighted by Crippen LogP contribution is 2.40. The Morgan fingerprint density at radius 1 is 1.18 bits per heavy atom. The van der Waals surface area contributed by atoms with Gasteiger partial charge in [0.05, 0.1) is 3.58 Å². The number of halogens is 1. The molecule has 1 aliphatic carbocycles.